The minimum atomic E-state index is 0.245. The Labute approximate surface area is 165 Å². The zero-order valence-electron chi connectivity index (χ0n) is 14.7. The Morgan fingerprint density at radius 3 is 3.00 bits per heavy atom. The van der Waals surface area contributed by atoms with Crippen molar-refractivity contribution in [3.05, 3.63) is 77.5 Å². The quantitative estimate of drug-likeness (QED) is 0.354. The number of aromatic hydroxyl groups is 1. The van der Waals surface area contributed by atoms with Crippen LogP contribution in [0.4, 0.5) is 5.69 Å². The van der Waals surface area contributed by atoms with E-state index in [-0.39, 0.29) is 5.75 Å². The molecule has 2 aromatic heterocycles. The molecule has 0 radical (unpaired) electrons. The summed E-state index contributed by atoms with van der Waals surface area (Å²) in [7, 11) is 0. The van der Waals surface area contributed by atoms with Crippen molar-refractivity contribution in [3.8, 4) is 5.75 Å². The summed E-state index contributed by atoms with van der Waals surface area (Å²) in [6.45, 7) is 0.529. The van der Waals surface area contributed by atoms with Crippen LogP contribution in [0.3, 0.4) is 0 Å². The summed E-state index contributed by atoms with van der Waals surface area (Å²) in [5.41, 5.74) is 7.60. The van der Waals surface area contributed by atoms with Gasteiger partial charge in [0.1, 0.15) is 17.4 Å². The van der Waals surface area contributed by atoms with Gasteiger partial charge in [-0.1, -0.05) is 17.7 Å². The fourth-order valence-electron chi connectivity index (χ4n) is 2.83. The number of amidine groups is 1. The lowest BCUT2D eigenvalue weighted by Gasteiger charge is -2.02. The highest BCUT2D eigenvalue weighted by molar-refractivity contribution is 6.30. The molecule has 4 rings (SSSR count). The van der Waals surface area contributed by atoms with E-state index in [0.717, 1.165) is 10.9 Å². The highest BCUT2D eigenvalue weighted by atomic mass is 35.5. The second-order valence-electron chi connectivity index (χ2n) is 6.18. The Morgan fingerprint density at radius 2 is 2.14 bits per heavy atom. The Bertz CT molecular complexity index is 1190. The van der Waals surface area contributed by atoms with E-state index < -0.39 is 0 Å². The third kappa shape index (κ3) is 4.05. The van der Waals surface area contributed by atoms with Crippen LogP contribution < -0.4 is 5.73 Å². The minimum Gasteiger partial charge on any atom is -0.508 e. The molecule has 2 aromatic carbocycles. The topological polar surface area (TPSA) is 105 Å². The van der Waals surface area contributed by atoms with Crippen molar-refractivity contribution >= 4 is 40.1 Å². The Hall–Kier alpha value is -3.58. The van der Waals surface area contributed by atoms with Crippen molar-refractivity contribution in [2.45, 2.75) is 6.54 Å². The first-order chi connectivity index (χ1) is 13.6. The van der Waals surface area contributed by atoms with E-state index in [9.17, 15) is 5.11 Å². The van der Waals surface area contributed by atoms with E-state index in [2.05, 4.69) is 20.2 Å². The van der Waals surface area contributed by atoms with Gasteiger partial charge in [-0.3, -0.25) is 5.10 Å². The van der Waals surface area contributed by atoms with Gasteiger partial charge in [0.15, 0.2) is 5.82 Å². The van der Waals surface area contributed by atoms with Crippen molar-refractivity contribution in [1.82, 2.24) is 19.7 Å². The van der Waals surface area contributed by atoms with Gasteiger partial charge in [0.2, 0.25) is 0 Å². The van der Waals surface area contributed by atoms with Crippen molar-refractivity contribution in [2.75, 3.05) is 0 Å². The number of hydrogen-bond donors (Lipinski definition) is 3. The van der Waals surface area contributed by atoms with Crippen LogP contribution in [0.25, 0.3) is 17.0 Å². The van der Waals surface area contributed by atoms with Crippen molar-refractivity contribution < 1.29 is 5.11 Å². The molecule has 28 heavy (non-hydrogen) atoms. The molecule has 140 valence electrons. The molecular weight excluding hydrogens is 376 g/mol. The number of nitrogens with one attached hydrogen (secondary N) is 1. The number of nitrogens with two attached hydrogens (primary N) is 1. The smallest absolute Gasteiger partial charge is 0.174 e. The Kier molecular flexibility index (Phi) is 4.82. The average Bonchev–Trinajstić information content (AvgIpc) is 3.27. The van der Waals surface area contributed by atoms with Gasteiger partial charge in [-0.15, -0.1) is 0 Å². The fraction of sp³-hybridized carbons (Fsp3) is 0.0500. The number of aromatic amines is 1. The maximum atomic E-state index is 9.57. The lowest BCUT2D eigenvalue weighted by molar-refractivity contribution is 0.476. The standard InChI is InChI=1S/C20H17ClN6O/c21-14-2-1-3-15(11-14)23-18(22)6-7-19-24-20(26-25-19)12-27-9-8-13-10-16(28)4-5-17(13)27/h1-11,28H,12H2,(H2,22,23)(H,24,25,26)/b7-6-. The summed E-state index contributed by atoms with van der Waals surface area (Å²) in [6, 6.07) is 14.3. The molecular formula is C20H17ClN6O. The van der Waals surface area contributed by atoms with E-state index in [1.165, 1.54) is 0 Å². The molecule has 0 aliphatic heterocycles. The van der Waals surface area contributed by atoms with Crippen LogP contribution in [0.1, 0.15) is 11.6 Å². The van der Waals surface area contributed by atoms with Crippen molar-refractivity contribution in [3.63, 3.8) is 0 Å². The number of fused-ring (bicyclic) bond motifs is 1. The molecule has 2 heterocycles. The number of benzene rings is 2. The maximum Gasteiger partial charge on any atom is 0.174 e. The van der Waals surface area contributed by atoms with Crippen LogP contribution in [0.2, 0.25) is 5.02 Å². The summed E-state index contributed by atoms with van der Waals surface area (Å²) in [4.78, 5) is 8.72. The van der Waals surface area contributed by atoms with E-state index in [0.29, 0.717) is 34.7 Å². The molecule has 0 saturated heterocycles. The lowest BCUT2D eigenvalue weighted by atomic mass is 10.2. The first kappa shape index (κ1) is 17.8. The molecule has 0 unspecified atom stereocenters. The highest BCUT2D eigenvalue weighted by Gasteiger charge is 2.06. The van der Waals surface area contributed by atoms with Gasteiger partial charge >= 0.3 is 0 Å². The van der Waals surface area contributed by atoms with Gasteiger partial charge in [-0.25, -0.2) is 9.98 Å². The van der Waals surface area contributed by atoms with E-state index in [4.69, 9.17) is 17.3 Å². The molecule has 0 spiro atoms. The molecule has 0 atom stereocenters. The molecule has 0 bridgehead atoms. The predicted octanol–water partition coefficient (Wildman–Crippen LogP) is 3.87. The SMILES string of the molecule is NC(/C=C\c1n[nH]c(Cn2ccc3cc(O)ccc32)n1)=Nc1cccc(Cl)c1. The number of aliphatic imine (C=N–C) groups is 1. The molecule has 8 heteroatoms. The predicted molar refractivity (Wildman–Crippen MR) is 111 cm³/mol. The molecule has 0 amide bonds. The van der Waals surface area contributed by atoms with Crippen LogP contribution in [0.15, 0.2) is 65.8 Å². The van der Waals surface area contributed by atoms with Crippen molar-refractivity contribution in [1.29, 1.82) is 0 Å². The van der Waals surface area contributed by atoms with Crippen LogP contribution in [-0.4, -0.2) is 30.7 Å². The van der Waals surface area contributed by atoms with Gasteiger partial charge in [-0.2, -0.15) is 5.10 Å². The van der Waals surface area contributed by atoms with Gasteiger partial charge in [0.05, 0.1) is 12.2 Å². The summed E-state index contributed by atoms with van der Waals surface area (Å²) in [5, 5.41) is 18.2. The molecule has 4 aromatic rings. The number of hydrogen-bond acceptors (Lipinski definition) is 4. The largest absolute Gasteiger partial charge is 0.508 e. The number of aromatic nitrogens is 4. The first-order valence-corrected chi connectivity index (χ1v) is 8.91. The van der Waals surface area contributed by atoms with Gasteiger partial charge in [0, 0.05) is 22.1 Å². The fourth-order valence-corrected chi connectivity index (χ4v) is 3.02. The van der Waals surface area contributed by atoms with E-state index >= 15 is 0 Å². The van der Waals surface area contributed by atoms with Crippen LogP contribution in [0, 0.1) is 0 Å². The molecule has 0 saturated carbocycles. The van der Waals surface area contributed by atoms with Crippen molar-refractivity contribution in [2.24, 2.45) is 10.7 Å². The van der Waals surface area contributed by atoms with E-state index in [1.807, 2.05) is 35.0 Å². The van der Waals surface area contributed by atoms with Gasteiger partial charge in [0.25, 0.3) is 0 Å². The zero-order valence-corrected chi connectivity index (χ0v) is 15.5. The van der Waals surface area contributed by atoms with Gasteiger partial charge < -0.3 is 15.4 Å². The third-order valence-corrected chi connectivity index (χ3v) is 4.33. The summed E-state index contributed by atoms with van der Waals surface area (Å²) >= 11 is 5.94. The van der Waals surface area contributed by atoms with E-state index in [1.54, 1.807) is 36.4 Å². The number of phenolic OH excluding ortho intramolecular Hbond substituents is 1. The second-order valence-corrected chi connectivity index (χ2v) is 6.61. The van der Waals surface area contributed by atoms with Gasteiger partial charge in [-0.05, 0) is 54.6 Å². The summed E-state index contributed by atoms with van der Waals surface area (Å²) in [6.07, 6.45) is 5.27. The second kappa shape index (κ2) is 7.58. The number of halogens is 1. The number of phenols is 1. The summed E-state index contributed by atoms with van der Waals surface area (Å²) in [5.74, 6) is 1.78. The zero-order chi connectivity index (χ0) is 19.5. The molecule has 7 nitrogen and oxygen atoms in total. The Balaban J connectivity index is 1.47. The molecule has 0 aliphatic carbocycles. The average molecular weight is 393 g/mol. The molecule has 0 fully saturated rings. The number of rotatable bonds is 5. The minimum absolute atomic E-state index is 0.245. The monoisotopic (exact) mass is 392 g/mol. The maximum absolute atomic E-state index is 9.57. The number of H-pyrrole nitrogens is 1. The molecule has 0 aliphatic rings. The lowest BCUT2D eigenvalue weighted by Crippen LogP contribution is -2.06. The number of nitrogens with zero attached hydrogens (tertiary/aromatic N) is 4. The summed E-state index contributed by atoms with van der Waals surface area (Å²) < 4.78 is 2.03. The van der Waals surface area contributed by atoms with Crippen LogP contribution in [0.5, 0.6) is 5.75 Å². The van der Waals surface area contributed by atoms with Crippen LogP contribution in [-0.2, 0) is 6.54 Å². The molecule has 4 N–H and O–H groups in total. The normalized spacial score (nSPS) is 12.2. The Morgan fingerprint density at radius 1 is 1.25 bits per heavy atom. The van der Waals surface area contributed by atoms with Crippen LogP contribution >= 0.6 is 11.6 Å². The first-order valence-electron chi connectivity index (χ1n) is 8.54. The third-order valence-electron chi connectivity index (χ3n) is 4.09. The highest BCUT2D eigenvalue weighted by Crippen LogP contribution is 2.21.